The number of anilines is 1. The molecule has 0 unspecified atom stereocenters. The Labute approximate surface area is 97.7 Å². The van der Waals surface area contributed by atoms with E-state index in [-0.39, 0.29) is 5.43 Å². The Morgan fingerprint density at radius 3 is 2.71 bits per heavy atom. The number of fused-ring (bicyclic) bond motifs is 3. The van der Waals surface area contributed by atoms with E-state index in [9.17, 15) is 4.79 Å². The van der Waals surface area contributed by atoms with Crippen LogP contribution < -0.4 is 10.7 Å². The standard InChI is InChI=1S/C14H11NO2/c1-15-13-8-12(16)11-7-6-9-4-2-3-5-10(9)14(11)17-13/h2-8,15H,1H3. The zero-order valence-electron chi connectivity index (χ0n) is 9.36. The monoisotopic (exact) mass is 225 g/mol. The fourth-order valence-electron chi connectivity index (χ4n) is 2.01. The molecular formula is C14H11NO2. The summed E-state index contributed by atoms with van der Waals surface area (Å²) in [4.78, 5) is 11.9. The van der Waals surface area contributed by atoms with Crippen LogP contribution in [0.15, 0.2) is 51.7 Å². The van der Waals surface area contributed by atoms with Crippen LogP contribution in [0.2, 0.25) is 0 Å². The number of rotatable bonds is 1. The number of nitrogens with one attached hydrogen (secondary N) is 1. The highest BCUT2D eigenvalue weighted by atomic mass is 16.3. The Balaban J connectivity index is 2.56. The molecule has 0 aliphatic rings. The molecule has 17 heavy (non-hydrogen) atoms. The summed E-state index contributed by atoms with van der Waals surface area (Å²) < 4.78 is 5.69. The van der Waals surface area contributed by atoms with Gasteiger partial charge in [-0.25, -0.2) is 0 Å². The van der Waals surface area contributed by atoms with Crippen molar-refractivity contribution in [1.29, 1.82) is 0 Å². The summed E-state index contributed by atoms with van der Waals surface area (Å²) >= 11 is 0. The third-order valence-electron chi connectivity index (χ3n) is 2.87. The Morgan fingerprint density at radius 2 is 1.88 bits per heavy atom. The van der Waals surface area contributed by atoms with Gasteiger partial charge < -0.3 is 9.73 Å². The molecule has 3 nitrogen and oxygen atoms in total. The lowest BCUT2D eigenvalue weighted by molar-refractivity contribution is 0.623. The van der Waals surface area contributed by atoms with Gasteiger partial charge in [0.2, 0.25) is 0 Å². The lowest BCUT2D eigenvalue weighted by atomic mass is 10.1. The van der Waals surface area contributed by atoms with Crippen molar-refractivity contribution in [3.05, 3.63) is 52.7 Å². The highest BCUT2D eigenvalue weighted by Crippen LogP contribution is 2.25. The van der Waals surface area contributed by atoms with Crippen LogP contribution in [0, 0.1) is 0 Å². The van der Waals surface area contributed by atoms with Gasteiger partial charge in [0.05, 0.1) is 5.39 Å². The van der Waals surface area contributed by atoms with Crippen LogP contribution in [-0.2, 0) is 0 Å². The van der Waals surface area contributed by atoms with Crippen LogP contribution >= 0.6 is 0 Å². The summed E-state index contributed by atoms with van der Waals surface area (Å²) in [7, 11) is 1.73. The SMILES string of the molecule is CNc1cc(=O)c2ccc3ccccc3c2o1. The Morgan fingerprint density at radius 1 is 1.06 bits per heavy atom. The quantitative estimate of drug-likeness (QED) is 0.647. The van der Waals surface area contributed by atoms with Crippen molar-refractivity contribution in [2.45, 2.75) is 0 Å². The van der Waals surface area contributed by atoms with E-state index >= 15 is 0 Å². The zero-order valence-corrected chi connectivity index (χ0v) is 9.36. The van der Waals surface area contributed by atoms with Gasteiger partial charge in [0.1, 0.15) is 5.58 Å². The van der Waals surface area contributed by atoms with E-state index in [1.54, 1.807) is 7.05 Å². The van der Waals surface area contributed by atoms with Crippen LogP contribution in [0.4, 0.5) is 5.88 Å². The average Bonchev–Trinajstić information content (AvgIpc) is 2.38. The topological polar surface area (TPSA) is 42.2 Å². The molecule has 0 radical (unpaired) electrons. The third kappa shape index (κ3) is 1.47. The molecule has 0 fully saturated rings. The van der Waals surface area contributed by atoms with E-state index in [4.69, 9.17) is 4.42 Å². The smallest absolute Gasteiger partial charge is 0.197 e. The second-order valence-electron chi connectivity index (χ2n) is 3.89. The van der Waals surface area contributed by atoms with Crippen molar-refractivity contribution in [3.8, 4) is 0 Å². The van der Waals surface area contributed by atoms with Crippen molar-refractivity contribution in [2.75, 3.05) is 12.4 Å². The molecule has 0 spiro atoms. The van der Waals surface area contributed by atoms with Crippen molar-refractivity contribution < 1.29 is 4.42 Å². The molecule has 0 amide bonds. The van der Waals surface area contributed by atoms with Gasteiger partial charge >= 0.3 is 0 Å². The van der Waals surface area contributed by atoms with Crippen molar-refractivity contribution in [3.63, 3.8) is 0 Å². The summed E-state index contributed by atoms with van der Waals surface area (Å²) in [6.45, 7) is 0. The zero-order chi connectivity index (χ0) is 11.8. The van der Waals surface area contributed by atoms with Crippen LogP contribution in [-0.4, -0.2) is 7.05 Å². The maximum atomic E-state index is 11.9. The minimum Gasteiger partial charge on any atom is -0.440 e. The molecule has 0 atom stereocenters. The number of hydrogen-bond donors (Lipinski definition) is 1. The number of benzene rings is 2. The molecule has 1 heterocycles. The minimum absolute atomic E-state index is 0.0265. The molecule has 84 valence electrons. The van der Waals surface area contributed by atoms with Gasteiger partial charge in [-0.15, -0.1) is 0 Å². The van der Waals surface area contributed by atoms with Gasteiger partial charge in [0, 0.05) is 18.5 Å². The van der Waals surface area contributed by atoms with Gasteiger partial charge in [-0.2, -0.15) is 0 Å². The van der Waals surface area contributed by atoms with Gasteiger partial charge in [0.15, 0.2) is 11.3 Å². The Bertz CT molecular complexity index is 759. The summed E-state index contributed by atoms with van der Waals surface area (Å²) in [6.07, 6.45) is 0. The van der Waals surface area contributed by atoms with Gasteiger partial charge in [-0.3, -0.25) is 4.79 Å². The molecule has 3 aromatic rings. The third-order valence-corrected chi connectivity index (χ3v) is 2.87. The first-order valence-electron chi connectivity index (χ1n) is 5.43. The van der Waals surface area contributed by atoms with Crippen LogP contribution in [0.5, 0.6) is 0 Å². The van der Waals surface area contributed by atoms with E-state index in [1.807, 2.05) is 36.4 Å². The molecule has 0 aliphatic heterocycles. The molecule has 1 N–H and O–H groups in total. The fourth-order valence-corrected chi connectivity index (χ4v) is 2.01. The normalized spacial score (nSPS) is 10.9. The van der Waals surface area contributed by atoms with Gasteiger partial charge in [-0.1, -0.05) is 30.3 Å². The summed E-state index contributed by atoms with van der Waals surface area (Å²) in [5.74, 6) is 0.485. The van der Waals surface area contributed by atoms with Crippen LogP contribution in [0.25, 0.3) is 21.7 Å². The first-order valence-corrected chi connectivity index (χ1v) is 5.43. The fraction of sp³-hybridized carbons (Fsp3) is 0.0714. The Hall–Kier alpha value is -2.29. The number of hydrogen-bond acceptors (Lipinski definition) is 3. The largest absolute Gasteiger partial charge is 0.440 e. The lowest BCUT2D eigenvalue weighted by Crippen LogP contribution is -2.02. The lowest BCUT2D eigenvalue weighted by Gasteiger charge is -2.04. The van der Waals surface area contributed by atoms with E-state index in [0.717, 1.165) is 10.8 Å². The highest BCUT2D eigenvalue weighted by Gasteiger charge is 2.07. The molecule has 0 bridgehead atoms. The summed E-state index contributed by atoms with van der Waals surface area (Å²) in [6, 6.07) is 13.1. The summed E-state index contributed by atoms with van der Waals surface area (Å²) in [5, 5.41) is 5.50. The first-order chi connectivity index (χ1) is 8.29. The summed E-state index contributed by atoms with van der Waals surface area (Å²) in [5.41, 5.74) is 0.612. The average molecular weight is 225 g/mol. The molecule has 0 aliphatic carbocycles. The predicted octanol–water partition coefficient (Wildman–Crippen LogP) is 2.99. The maximum Gasteiger partial charge on any atom is 0.197 e. The highest BCUT2D eigenvalue weighted by molar-refractivity contribution is 6.04. The van der Waals surface area contributed by atoms with E-state index in [1.165, 1.54) is 6.07 Å². The molecule has 0 saturated heterocycles. The maximum absolute atomic E-state index is 11.9. The second-order valence-corrected chi connectivity index (χ2v) is 3.89. The van der Waals surface area contributed by atoms with Crippen molar-refractivity contribution >= 4 is 27.6 Å². The van der Waals surface area contributed by atoms with E-state index < -0.39 is 0 Å². The van der Waals surface area contributed by atoms with Crippen molar-refractivity contribution in [2.24, 2.45) is 0 Å². The van der Waals surface area contributed by atoms with E-state index in [0.29, 0.717) is 16.9 Å². The molecule has 2 aromatic carbocycles. The molecule has 3 heteroatoms. The molecule has 0 saturated carbocycles. The van der Waals surface area contributed by atoms with Crippen LogP contribution in [0.1, 0.15) is 0 Å². The predicted molar refractivity (Wildman–Crippen MR) is 69.5 cm³/mol. The molecule has 1 aromatic heterocycles. The first kappa shape index (κ1) is 9.90. The Kier molecular flexibility index (Phi) is 2.11. The van der Waals surface area contributed by atoms with E-state index in [2.05, 4.69) is 5.32 Å². The molecule has 3 rings (SSSR count). The van der Waals surface area contributed by atoms with Gasteiger partial charge in [-0.05, 0) is 11.5 Å². The van der Waals surface area contributed by atoms with Crippen molar-refractivity contribution in [1.82, 2.24) is 0 Å². The second kappa shape index (κ2) is 3.63. The molecular weight excluding hydrogens is 214 g/mol. The van der Waals surface area contributed by atoms with Gasteiger partial charge in [0.25, 0.3) is 0 Å². The minimum atomic E-state index is -0.0265. The van der Waals surface area contributed by atoms with Crippen LogP contribution in [0.3, 0.4) is 0 Å².